The molecule has 2 amide bonds. The Morgan fingerprint density at radius 1 is 1.29 bits per heavy atom. The highest BCUT2D eigenvalue weighted by Crippen LogP contribution is 2.49. The summed E-state index contributed by atoms with van der Waals surface area (Å²) in [7, 11) is 1.59. The number of hydrogen-bond acceptors (Lipinski definition) is 2. The maximum Gasteiger partial charge on any atom is 0.229 e. The molecule has 1 unspecified atom stereocenters. The molecule has 3 heteroatoms. The van der Waals surface area contributed by atoms with Crippen molar-refractivity contribution in [2.24, 2.45) is 11.3 Å². The average Bonchev–Trinajstić information content (AvgIpc) is 2.43. The lowest BCUT2D eigenvalue weighted by Gasteiger charge is -2.35. The van der Waals surface area contributed by atoms with Crippen molar-refractivity contribution in [2.45, 2.75) is 39.0 Å². The Hall–Kier alpha value is -0.860. The molecule has 0 N–H and O–H groups in total. The fourth-order valence-corrected chi connectivity index (χ4v) is 2.90. The van der Waals surface area contributed by atoms with Crippen LogP contribution >= 0.6 is 0 Å². The van der Waals surface area contributed by atoms with Crippen molar-refractivity contribution in [1.29, 1.82) is 0 Å². The molecule has 2 aliphatic rings. The van der Waals surface area contributed by atoms with Crippen LogP contribution in [0.25, 0.3) is 0 Å². The second-order valence-corrected chi connectivity index (χ2v) is 5.05. The van der Waals surface area contributed by atoms with Gasteiger partial charge in [-0.2, -0.15) is 0 Å². The molecule has 78 valence electrons. The van der Waals surface area contributed by atoms with Crippen LogP contribution in [0.3, 0.4) is 0 Å². The topological polar surface area (TPSA) is 37.4 Å². The molecule has 0 aromatic carbocycles. The minimum absolute atomic E-state index is 0.00958. The van der Waals surface area contributed by atoms with E-state index in [1.54, 1.807) is 7.05 Å². The van der Waals surface area contributed by atoms with E-state index in [0.29, 0.717) is 18.8 Å². The van der Waals surface area contributed by atoms with E-state index in [-0.39, 0.29) is 17.2 Å². The van der Waals surface area contributed by atoms with Gasteiger partial charge in [-0.1, -0.05) is 13.3 Å². The molecule has 14 heavy (non-hydrogen) atoms. The van der Waals surface area contributed by atoms with Crippen molar-refractivity contribution in [1.82, 2.24) is 4.90 Å². The predicted molar refractivity (Wildman–Crippen MR) is 52.5 cm³/mol. The molecule has 2 rings (SSSR count). The van der Waals surface area contributed by atoms with Crippen molar-refractivity contribution in [2.75, 3.05) is 7.05 Å². The highest BCUT2D eigenvalue weighted by molar-refractivity contribution is 5.98. The molecule has 1 aliphatic carbocycles. The van der Waals surface area contributed by atoms with Gasteiger partial charge in [0.15, 0.2) is 0 Å². The van der Waals surface area contributed by atoms with Crippen LogP contribution in [-0.4, -0.2) is 23.8 Å². The second kappa shape index (κ2) is 3.07. The van der Waals surface area contributed by atoms with E-state index in [0.717, 1.165) is 12.8 Å². The summed E-state index contributed by atoms with van der Waals surface area (Å²) in [5, 5.41) is 0. The summed E-state index contributed by atoms with van der Waals surface area (Å²) in [4.78, 5) is 24.4. The summed E-state index contributed by atoms with van der Waals surface area (Å²) >= 11 is 0. The fraction of sp³-hybridized carbons (Fsp3) is 0.818. The number of piperidine rings is 1. The Balaban J connectivity index is 2.16. The Bertz CT molecular complexity index is 267. The largest absolute Gasteiger partial charge is 0.286 e. The highest BCUT2D eigenvalue weighted by atomic mass is 16.2. The minimum atomic E-state index is 0.00958. The SMILES string of the molecule is CC1CCC2(CC(=O)N(C)C(=O)C2)C1. The van der Waals surface area contributed by atoms with Crippen LogP contribution in [0.15, 0.2) is 0 Å². The lowest BCUT2D eigenvalue weighted by molar-refractivity contribution is -0.151. The highest BCUT2D eigenvalue weighted by Gasteiger charge is 2.45. The molecule has 2 fully saturated rings. The minimum Gasteiger partial charge on any atom is -0.286 e. The van der Waals surface area contributed by atoms with Crippen molar-refractivity contribution in [3.8, 4) is 0 Å². The van der Waals surface area contributed by atoms with E-state index in [2.05, 4.69) is 6.92 Å². The summed E-state index contributed by atoms with van der Waals surface area (Å²) in [6, 6.07) is 0. The van der Waals surface area contributed by atoms with Gasteiger partial charge in [-0.3, -0.25) is 14.5 Å². The smallest absolute Gasteiger partial charge is 0.229 e. The number of imide groups is 1. The Kier molecular flexibility index (Phi) is 2.13. The first kappa shape index (κ1) is 9.69. The number of hydrogen-bond donors (Lipinski definition) is 0. The molecule has 0 aromatic heterocycles. The van der Waals surface area contributed by atoms with Gasteiger partial charge in [-0.05, 0) is 24.2 Å². The molecule has 0 bridgehead atoms. The Morgan fingerprint density at radius 2 is 1.86 bits per heavy atom. The molecule has 3 nitrogen and oxygen atoms in total. The quantitative estimate of drug-likeness (QED) is 0.550. The van der Waals surface area contributed by atoms with Crippen LogP contribution in [0.1, 0.15) is 39.0 Å². The average molecular weight is 195 g/mol. The van der Waals surface area contributed by atoms with Gasteiger partial charge < -0.3 is 0 Å². The summed E-state index contributed by atoms with van der Waals surface area (Å²) in [5.41, 5.74) is 0.0279. The van der Waals surface area contributed by atoms with Crippen LogP contribution in [0.5, 0.6) is 0 Å². The van der Waals surface area contributed by atoms with Crippen molar-refractivity contribution >= 4 is 11.8 Å². The number of likely N-dealkylation sites (tertiary alicyclic amines) is 1. The van der Waals surface area contributed by atoms with Crippen molar-refractivity contribution in [3.63, 3.8) is 0 Å². The monoisotopic (exact) mass is 195 g/mol. The first-order chi connectivity index (χ1) is 6.52. The second-order valence-electron chi connectivity index (χ2n) is 5.05. The van der Waals surface area contributed by atoms with Gasteiger partial charge in [0.1, 0.15) is 0 Å². The van der Waals surface area contributed by atoms with E-state index >= 15 is 0 Å². The first-order valence-electron chi connectivity index (χ1n) is 5.32. The molecule has 1 spiro atoms. The molecule has 1 atom stereocenters. The van der Waals surface area contributed by atoms with E-state index in [4.69, 9.17) is 0 Å². The van der Waals surface area contributed by atoms with E-state index in [1.807, 2.05) is 0 Å². The third-order valence-electron chi connectivity index (χ3n) is 3.75. The zero-order chi connectivity index (χ0) is 10.3. The number of nitrogens with zero attached hydrogens (tertiary/aromatic N) is 1. The van der Waals surface area contributed by atoms with E-state index in [1.165, 1.54) is 11.3 Å². The number of carbonyl (C=O) groups is 2. The van der Waals surface area contributed by atoms with Gasteiger partial charge in [0, 0.05) is 19.9 Å². The third-order valence-corrected chi connectivity index (χ3v) is 3.75. The first-order valence-corrected chi connectivity index (χ1v) is 5.32. The number of carbonyl (C=O) groups excluding carboxylic acids is 2. The molecule has 1 saturated carbocycles. The van der Waals surface area contributed by atoms with Gasteiger partial charge in [-0.25, -0.2) is 0 Å². The summed E-state index contributed by atoms with van der Waals surface area (Å²) in [6.07, 6.45) is 4.45. The van der Waals surface area contributed by atoms with Crippen LogP contribution in [0, 0.1) is 11.3 Å². The summed E-state index contributed by atoms with van der Waals surface area (Å²) < 4.78 is 0. The number of rotatable bonds is 0. The maximum atomic E-state index is 11.6. The molecular weight excluding hydrogens is 178 g/mol. The van der Waals surface area contributed by atoms with Crippen LogP contribution in [0.2, 0.25) is 0 Å². The van der Waals surface area contributed by atoms with Crippen LogP contribution < -0.4 is 0 Å². The van der Waals surface area contributed by atoms with E-state index in [9.17, 15) is 9.59 Å². The van der Waals surface area contributed by atoms with Crippen LogP contribution in [0.4, 0.5) is 0 Å². The van der Waals surface area contributed by atoms with Crippen molar-refractivity contribution < 1.29 is 9.59 Å². The van der Waals surface area contributed by atoms with Gasteiger partial charge >= 0.3 is 0 Å². The molecule has 0 radical (unpaired) electrons. The maximum absolute atomic E-state index is 11.6. The van der Waals surface area contributed by atoms with Crippen molar-refractivity contribution in [3.05, 3.63) is 0 Å². The number of amides is 2. The normalized spacial score (nSPS) is 31.6. The zero-order valence-corrected chi connectivity index (χ0v) is 8.88. The zero-order valence-electron chi connectivity index (χ0n) is 8.88. The van der Waals surface area contributed by atoms with Gasteiger partial charge in [-0.15, -0.1) is 0 Å². The van der Waals surface area contributed by atoms with Crippen LogP contribution in [-0.2, 0) is 9.59 Å². The lowest BCUT2D eigenvalue weighted by Crippen LogP contribution is -2.44. The standard InChI is InChI=1S/C11H17NO2/c1-8-3-4-11(5-8)6-9(13)12(2)10(14)7-11/h8H,3-7H2,1-2H3. The van der Waals surface area contributed by atoms with Gasteiger partial charge in [0.05, 0.1) is 0 Å². The lowest BCUT2D eigenvalue weighted by atomic mass is 9.76. The third kappa shape index (κ3) is 1.45. The Morgan fingerprint density at radius 3 is 2.29 bits per heavy atom. The van der Waals surface area contributed by atoms with E-state index < -0.39 is 0 Å². The van der Waals surface area contributed by atoms with Gasteiger partial charge in [0.25, 0.3) is 0 Å². The molecule has 0 aromatic rings. The molecule has 1 heterocycles. The molecular formula is C11H17NO2. The molecule has 1 saturated heterocycles. The Labute approximate surface area is 84.5 Å². The molecule has 1 aliphatic heterocycles. The predicted octanol–water partition coefficient (Wildman–Crippen LogP) is 1.57. The summed E-state index contributed by atoms with van der Waals surface area (Å²) in [6.45, 7) is 2.21. The fourth-order valence-electron chi connectivity index (χ4n) is 2.90. The summed E-state index contributed by atoms with van der Waals surface area (Å²) in [5.74, 6) is 0.699. The van der Waals surface area contributed by atoms with Gasteiger partial charge in [0.2, 0.25) is 11.8 Å².